The molecule has 3 aromatic rings. The van der Waals surface area contributed by atoms with Gasteiger partial charge in [-0.25, -0.2) is 0 Å². The van der Waals surface area contributed by atoms with E-state index in [1.165, 1.54) is 4.90 Å². The minimum Gasteiger partial charge on any atom is -0.451 e. The van der Waals surface area contributed by atoms with E-state index in [1.807, 2.05) is 18.2 Å². The molecule has 9 nitrogen and oxygen atoms in total. The van der Waals surface area contributed by atoms with Gasteiger partial charge < -0.3 is 19.3 Å². The van der Waals surface area contributed by atoms with Gasteiger partial charge in [0.2, 0.25) is 5.91 Å². The molecule has 31 heavy (non-hydrogen) atoms. The number of carbonyl (C=O) groups excluding carboxylic acids is 2. The Morgan fingerprint density at radius 1 is 1.26 bits per heavy atom. The maximum Gasteiger partial charge on any atom is 0.289 e. The Labute approximate surface area is 180 Å². The van der Waals surface area contributed by atoms with Crippen molar-refractivity contribution in [1.29, 1.82) is 0 Å². The number of benzene rings is 1. The topological polar surface area (TPSA) is 105 Å². The van der Waals surface area contributed by atoms with Crippen LogP contribution in [-0.4, -0.2) is 75.0 Å². The van der Waals surface area contributed by atoms with Crippen molar-refractivity contribution in [3.05, 3.63) is 48.0 Å². The van der Waals surface area contributed by atoms with Gasteiger partial charge in [-0.15, -0.1) is 5.10 Å². The number of fused-ring (bicyclic) bond motifs is 1. The third-order valence-corrected chi connectivity index (χ3v) is 5.89. The van der Waals surface area contributed by atoms with Gasteiger partial charge in [-0.2, -0.15) is 0 Å². The first-order valence-electron chi connectivity index (χ1n) is 10.5. The van der Waals surface area contributed by atoms with Crippen molar-refractivity contribution in [2.24, 2.45) is 0 Å². The molecule has 0 aliphatic carbocycles. The average Bonchev–Trinajstić information content (AvgIpc) is 3.45. The highest BCUT2D eigenvalue weighted by molar-refractivity contribution is 5.96. The zero-order valence-electron chi connectivity index (χ0n) is 17.8. The van der Waals surface area contributed by atoms with Crippen molar-refractivity contribution in [3.63, 3.8) is 0 Å². The molecule has 2 atom stereocenters. The molecule has 0 saturated carbocycles. The maximum absolute atomic E-state index is 12.9. The fourth-order valence-corrected chi connectivity index (χ4v) is 4.14. The van der Waals surface area contributed by atoms with E-state index < -0.39 is 0 Å². The van der Waals surface area contributed by atoms with Crippen molar-refractivity contribution in [2.75, 3.05) is 27.2 Å². The second kappa shape index (κ2) is 8.89. The molecule has 2 aromatic heterocycles. The Morgan fingerprint density at radius 2 is 2.10 bits per heavy atom. The molecule has 1 aromatic carbocycles. The molecule has 1 saturated heterocycles. The van der Waals surface area contributed by atoms with Gasteiger partial charge in [0.25, 0.3) is 5.91 Å². The van der Waals surface area contributed by atoms with E-state index in [0.717, 1.165) is 23.8 Å². The van der Waals surface area contributed by atoms with Gasteiger partial charge in [0.1, 0.15) is 5.58 Å². The highest BCUT2D eigenvalue weighted by Gasteiger charge is 2.32. The minimum atomic E-state index is -0.176. The van der Waals surface area contributed by atoms with Gasteiger partial charge in [-0.1, -0.05) is 11.3 Å². The van der Waals surface area contributed by atoms with E-state index in [9.17, 15) is 14.7 Å². The summed E-state index contributed by atoms with van der Waals surface area (Å²) in [6.07, 6.45) is 5.24. The number of hydrogen-bond acceptors (Lipinski definition) is 6. The zero-order chi connectivity index (χ0) is 22.0. The Balaban J connectivity index is 1.50. The van der Waals surface area contributed by atoms with Gasteiger partial charge >= 0.3 is 0 Å². The highest BCUT2D eigenvalue weighted by Crippen LogP contribution is 2.33. The van der Waals surface area contributed by atoms with Crippen LogP contribution in [0.5, 0.6) is 0 Å². The molecule has 4 rings (SSSR count). The lowest BCUT2D eigenvalue weighted by Gasteiger charge is -2.39. The van der Waals surface area contributed by atoms with E-state index in [2.05, 4.69) is 10.3 Å². The van der Waals surface area contributed by atoms with Crippen molar-refractivity contribution < 1.29 is 19.1 Å². The van der Waals surface area contributed by atoms with Gasteiger partial charge in [-0.05, 0) is 36.6 Å². The number of aryl methyl sites for hydroxylation is 1. The summed E-state index contributed by atoms with van der Waals surface area (Å²) in [5.74, 6) is 0.296. The molecule has 164 valence electrons. The third kappa shape index (κ3) is 4.46. The molecule has 9 heteroatoms. The van der Waals surface area contributed by atoms with E-state index >= 15 is 0 Å². The lowest BCUT2D eigenvalue weighted by molar-refractivity contribution is -0.136. The van der Waals surface area contributed by atoms with Crippen LogP contribution in [0.25, 0.3) is 11.0 Å². The Hall–Kier alpha value is -3.20. The maximum atomic E-state index is 12.9. The van der Waals surface area contributed by atoms with Crippen LogP contribution in [-0.2, 0) is 11.3 Å². The normalized spacial score (nSPS) is 19.0. The predicted octanol–water partition coefficient (Wildman–Crippen LogP) is 1.88. The van der Waals surface area contributed by atoms with E-state index in [-0.39, 0.29) is 30.4 Å². The number of furan rings is 1. The summed E-state index contributed by atoms with van der Waals surface area (Å²) in [5, 5.41) is 18.3. The molecule has 3 heterocycles. The van der Waals surface area contributed by atoms with Crippen molar-refractivity contribution in [3.8, 4) is 0 Å². The van der Waals surface area contributed by atoms with Crippen LogP contribution >= 0.6 is 0 Å². The van der Waals surface area contributed by atoms with Crippen molar-refractivity contribution in [1.82, 2.24) is 24.8 Å². The van der Waals surface area contributed by atoms with Crippen LogP contribution in [0, 0.1) is 0 Å². The molecule has 1 aliphatic rings. The number of carbonyl (C=O) groups is 2. The number of aromatic nitrogens is 3. The molecular formula is C22H27N5O4. The number of rotatable bonds is 6. The summed E-state index contributed by atoms with van der Waals surface area (Å²) < 4.78 is 7.32. The standard InChI is InChI=1S/C22H27N5O4/c1-25(2)22(30)20-12-17-11-15(4-6-19(17)31-20)16-3-5-18(14-28)27(13-16)21(29)7-9-26-10-8-23-24-26/h4,6,8,10-12,16,18,28H,3,5,7,9,13-14H2,1-2H3/t16?,18-/m1/s1. The van der Waals surface area contributed by atoms with Gasteiger partial charge in [0, 0.05) is 44.6 Å². The summed E-state index contributed by atoms with van der Waals surface area (Å²) in [7, 11) is 3.38. The monoisotopic (exact) mass is 425 g/mol. The number of hydrogen-bond donors (Lipinski definition) is 1. The molecule has 0 bridgehead atoms. The molecule has 1 N–H and O–H groups in total. The summed E-state index contributed by atoms with van der Waals surface area (Å²) in [6, 6.07) is 7.51. The molecular weight excluding hydrogens is 398 g/mol. The van der Waals surface area contributed by atoms with Crippen LogP contribution in [0.2, 0.25) is 0 Å². The zero-order valence-corrected chi connectivity index (χ0v) is 17.8. The third-order valence-electron chi connectivity index (χ3n) is 5.89. The summed E-state index contributed by atoms with van der Waals surface area (Å²) in [4.78, 5) is 28.4. The fourth-order valence-electron chi connectivity index (χ4n) is 4.14. The highest BCUT2D eigenvalue weighted by atomic mass is 16.3. The molecule has 0 spiro atoms. The Bertz CT molecular complexity index is 1060. The molecule has 1 fully saturated rings. The van der Waals surface area contributed by atoms with Crippen LogP contribution in [0.15, 0.2) is 41.1 Å². The van der Waals surface area contributed by atoms with Crippen LogP contribution < -0.4 is 0 Å². The summed E-state index contributed by atoms with van der Waals surface area (Å²) in [6.45, 7) is 0.967. The van der Waals surface area contributed by atoms with E-state index in [1.54, 1.807) is 42.1 Å². The predicted molar refractivity (Wildman–Crippen MR) is 113 cm³/mol. The van der Waals surface area contributed by atoms with E-state index in [4.69, 9.17) is 4.42 Å². The number of amides is 2. The SMILES string of the molecule is CN(C)C(=O)c1cc2cc(C3CC[C@H](CO)N(C(=O)CCn4ccnn4)C3)ccc2o1. The van der Waals surface area contributed by atoms with Gasteiger partial charge in [0.15, 0.2) is 5.76 Å². The van der Waals surface area contributed by atoms with Crippen LogP contribution in [0.4, 0.5) is 0 Å². The first-order chi connectivity index (χ1) is 15.0. The Kier molecular flexibility index (Phi) is 6.03. The fraction of sp³-hybridized carbons (Fsp3) is 0.455. The van der Waals surface area contributed by atoms with Crippen LogP contribution in [0.3, 0.4) is 0 Å². The number of aliphatic hydroxyl groups excluding tert-OH is 1. The first kappa shape index (κ1) is 21.0. The second-order valence-corrected chi connectivity index (χ2v) is 8.18. The summed E-state index contributed by atoms with van der Waals surface area (Å²) >= 11 is 0. The largest absolute Gasteiger partial charge is 0.451 e. The first-order valence-corrected chi connectivity index (χ1v) is 10.5. The lowest BCUT2D eigenvalue weighted by Crippen LogP contribution is -2.48. The second-order valence-electron chi connectivity index (χ2n) is 8.18. The molecule has 2 amide bonds. The number of nitrogens with zero attached hydrogens (tertiary/aromatic N) is 5. The Morgan fingerprint density at radius 3 is 2.81 bits per heavy atom. The number of likely N-dealkylation sites (tertiary alicyclic amines) is 1. The van der Waals surface area contributed by atoms with Gasteiger partial charge in [-0.3, -0.25) is 14.3 Å². The quantitative estimate of drug-likeness (QED) is 0.647. The van der Waals surface area contributed by atoms with Crippen molar-refractivity contribution in [2.45, 2.75) is 37.8 Å². The number of piperidine rings is 1. The smallest absolute Gasteiger partial charge is 0.289 e. The van der Waals surface area contributed by atoms with Crippen molar-refractivity contribution >= 4 is 22.8 Å². The van der Waals surface area contributed by atoms with Crippen LogP contribution in [0.1, 0.15) is 41.3 Å². The average molecular weight is 425 g/mol. The molecule has 0 radical (unpaired) electrons. The van der Waals surface area contributed by atoms with E-state index in [0.29, 0.717) is 30.9 Å². The molecule has 1 aliphatic heterocycles. The minimum absolute atomic E-state index is 0.00232. The van der Waals surface area contributed by atoms with Gasteiger partial charge in [0.05, 0.1) is 25.4 Å². The lowest BCUT2D eigenvalue weighted by atomic mass is 9.87. The number of aliphatic hydroxyl groups is 1. The molecule has 1 unspecified atom stereocenters. The summed E-state index contributed by atoms with van der Waals surface area (Å²) in [5.41, 5.74) is 1.77.